The number of rotatable bonds is 6. The van der Waals surface area contributed by atoms with Gasteiger partial charge in [0.25, 0.3) is 5.91 Å². The summed E-state index contributed by atoms with van der Waals surface area (Å²) in [7, 11) is 1.67. The van der Waals surface area contributed by atoms with Crippen molar-refractivity contribution in [2.75, 3.05) is 32.1 Å². The van der Waals surface area contributed by atoms with Crippen LogP contribution in [-0.2, 0) is 11.2 Å². The minimum absolute atomic E-state index is 0.0359. The molecule has 1 amide bonds. The molecule has 2 aromatic rings. The molecule has 0 unspecified atom stereocenters. The lowest BCUT2D eigenvalue weighted by Gasteiger charge is -2.31. The predicted octanol–water partition coefficient (Wildman–Crippen LogP) is 2.04. The third kappa shape index (κ3) is 4.08. The van der Waals surface area contributed by atoms with E-state index in [1.807, 2.05) is 4.90 Å². The molecule has 1 fully saturated rings. The molecule has 1 aliphatic heterocycles. The van der Waals surface area contributed by atoms with Crippen molar-refractivity contribution in [3.05, 3.63) is 30.0 Å². The van der Waals surface area contributed by atoms with Crippen molar-refractivity contribution in [1.29, 1.82) is 0 Å². The van der Waals surface area contributed by atoms with E-state index >= 15 is 0 Å². The Kier molecular flexibility index (Phi) is 5.24. The molecule has 0 bridgehead atoms. The first-order chi connectivity index (χ1) is 11.3. The van der Waals surface area contributed by atoms with Crippen LogP contribution in [0.25, 0.3) is 0 Å². The van der Waals surface area contributed by atoms with Crippen LogP contribution >= 0.6 is 11.5 Å². The molecule has 1 aliphatic rings. The SMILES string of the molecule is COCCc1nsc(NC2CCN(C(=O)c3ccco3)CC2)n1. The lowest BCUT2D eigenvalue weighted by molar-refractivity contribution is 0.0686. The van der Waals surface area contributed by atoms with Gasteiger partial charge in [0.1, 0.15) is 5.82 Å². The number of hydrogen-bond donors (Lipinski definition) is 1. The van der Waals surface area contributed by atoms with E-state index in [1.165, 1.54) is 17.8 Å². The van der Waals surface area contributed by atoms with Crippen molar-refractivity contribution in [2.45, 2.75) is 25.3 Å². The van der Waals surface area contributed by atoms with Crippen LogP contribution in [0.3, 0.4) is 0 Å². The van der Waals surface area contributed by atoms with E-state index in [2.05, 4.69) is 14.7 Å². The molecule has 0 aliphatic carbocycles. The van der Waals surface area contributed by atoms with Crippen LogP contribution in [0.5, 0.6) is 0 Å². The van der Waals surface area contributed by atoms with Crippen molar-refractivity contribution < 1.29 is 13.9 Å². The number of furan rings is 1. The number of methoxy groups -OCH3 is 1. The van der Waals surface area contributed by atoms with Gasteiger partial charge in [0.15, 0.2) is 5.76 Å². The van der Waals surface area contributed by atoms with Crippen LogP contribution in [-0.4, -0.2) is 53.0 Å². The van der Waals surface area contributed by atoms with Crippen molar-refractivity contribution in [2.24, 2.45) is 0 Å². The lowest BCUT2D eigenvalue weighted by Crippen LogP contribution is -2.42. The Labute approximate surface area is 138 Å². The zero-order valence-electron chi connectivity index (χ0n) is 13.0. The molecule has 2 aromatic heterocycles. The van der Waals surface area contributed by atoms with E-state index in [-0.39, 0.29) is 5.91 Å². The number of carbonyl (C=O) groups is 1. The molecule has 3 heterocycles. The Balaban J connectivity index is 1.47. The van der Waals surface area contributed by atoms with Gasteiger partial charge in [0.2, 0.25) is 5.13 Å². The summed E-state index contributed by atoms with van der Waals surface area (Å²) in [5, 5.41) is 4.25. The normalized spacial score (nSPS) is 15.8. The quantitative estimate of drug-likeness (QED) is 0.869. The van der Waals surface area contributed by atoms with E-state index in [0.29, 0.717) is 31.5 Å². The number of anilines is 1. The second kappa shape index (κ2) is 7.56. The number of piperidine rings is 1. The number of carbonyl (C=O) groups excluding carboxylic acids is 1. The maximum Gasteiger partial charge on any atom is 0.289 e. The number of likely N-dealkylation sites (tertiary alicyclic amines) is 1. The molecule has 124 valence electrons. The van der Waals surface area contributed by atoms with Gasteiger partial charge in [-0.25, -0.2) is 4.98 Å². The molecule has 0 atom stereocenters. The Bertz CT molecular complexity index is 620. The molecular weight excluding hydrogens is 316 g/mol. The predicted molar refractivity (Wildman–Crippen MR) is 86.7 cm³/mol. The van der Waals surface area contributed by atoms with Crippen molar-refractivity contribution in [1.82, 2.24) is 14.3 Å². The van der Waals surface area contributed by atoms with Gasteiger partial charge < -0.3 is 19.4 Å². The summed E-state index contributed by atoms with van der Waals surface area (Å²) in [5.74, 6) is 1.18. The fraction of sp³-hybridized carbons (Fsp3) is 0.533. The van der Waals surface area contributed by atoms with Gasteiger partial charge in [0, 0.05) is 44.2 Å². The molecule has 7 nitrogen and oxygen atoms in total. The summed E-state index contributed by atoms with van der Waals surface area (Å²) in [6.45, 7) is 2.06. The van der Waals surface area contributed by atoms with Crippen molar-refractivity contribution >= 4 is 22.6 Å². The summed E-state index contributed by atoms with van der Waals surface area (Å²) in [5.41, 5.74) is 0. The van der Waals surface area contributed by atoms with Gasteiger partial charge in [-0.2, -0.15) is 4.37 Å². The van der Waals surface area contributed by atoms with Gasteiger partial charge in [0.05, 0.1) is 12.9 Å². The average Bonchev–Trinajstić information content (AvgIpc) is 3.25. The molecule has 1 N–H and O–H groups in total. The first-order valence-corrected chi connectivity index (χ1v) is 8.44. The van der Waals surface area contributed by atoms with E-state index < -0.39 is 0 Å². The topological polar surface area (TPSA) is 80.5 Å². The van der Waals surface area contributed by atoms with Crippen molar-refractivity contribution in [3.8, 4) is 0 Å². The third-order valence-corrected chi connectivity index (χ3v) is 4.52. The summed E-state index contributed by atoms with van der Waals surface area (Å²) < 4.78 is 14.5. The summed E-state index contributed by atoms with van der Waals surface area (Å²) in [4.78, 5) is 18.5. The van der Waals surface area contributed by atoms with Gasteiger partial charge in [-0.05, 0) is 25.0 Å². The second-order valence-corrected chi connectivity index (χ2v) is 6.20. The van der Waals surface area contributed by atoms with Crippen LogP contribution < -0.4 is 5.32 Å². The van der Waals surface area contributed by atoms with Gasteiger partial charge >= 0.3 is 0 Å². The minimum Gasteiger partial charge on any atom is -0.459 e. The molecule has 1 saturated heterocycles. The number of nitrogens with zero attached hydrogens (tertiary/aromatic N) is 3. The Morgan fingerprint density at radius 2 is 2.35 bits per heavy atom. The number of ether oxygens (including phenoxy) is 1. The summed E-state index contributed by atoms with van der Waals surface area (Å²) >= 11 is 1.38. The number of aromatic nitrogens is 2. The van der Waals surface area contributed by atoms with E-state index in [1.54, 1.807) is 19.2 Å². The monoisotopic (exact) mass is 336 g/mol. The maximum absolute atomic E-state index is 12.2. The average molecular weight is 336 g/mol. The molecule has 0 saturated carbocycles. The first kappa shape index (κ1) is 15.9. The molecule has 0 spiro atoms. The van der Waals surface area contributed by atoms with E-state index in [9.17, 15) is 4.79 Å². The first-order valence-electron chi connectivity index (χ1n) is 7.67. The zero-order valence-corrected chi connectivity index (χ0v) is 13.8. The van der Waals surface area contributed by atoms with Gasteiger partial charge in [-0.1, -0.05) is 0 Å². The number of hydrogen-bond acceptors (Lipinski definition) is 7. The van der Waals surface area contributed by atoms with Gasteiger partial charge in [-0.15, -0.1) is 0 Å². The smallest absolute Gasteiger partial charge is 0.289 e. The van der Waals surface area contributed by atoms with Crippen LogP contribution in [0.15, 0.2) is 22.8 Å². The molecule has 23 heavy (non-hydrogen) atoms. The highest BCUT2D eigenvalue weighted by molar-refractivity contribution is 7.09. The Morgan fingerprint density at radius 1 is 1.52 bits per heavy atom. The molecule has 0 radical (unpaired) electrons. The highest BCUT2D eigenvalue weighted by Gasteiger charge is 2.25. The fourth-order valence-corrected chi connectivity index (χ4v) is 3.25. The van der Waals surface area contributed by atoms with E-state index in [4.69, 9.17) is 9.15 Å². The fourth-order valence-electron chi connectivity index (χ4n) is 2.57. The van der Waals surface area contributed by atoms with Crippen LogP contribution in [0.2, 0.25) is 0 Å². The molecule has 8 heteroatoms. The van der Waals surface area contributed by atoms with Crippen LogP contribution in [0.1, 0.15) is 29.2 Å². The zero-order chi connectivity index (χ0) is 16.1. The highest BCUT2D eigenvalue weighted by Crippen LogP contribution is 2.20. The Morgan fingerprint density at radius 3 is 3.04 bits per heavy atom. The third-order valence-electron chi connectivity index (χ3n) is 3.84. The Hall–Kier alpha value is -1.93. The van der Waals surface area contributed by atoms with E-state index in [0.717, 1.165) is 30.2 Å². The second-order valence-electron chi connectivity index (χ2n) is 5.45. The number of nitrogens with one attached hydrogen (secondary N) is 1. The number of amides is 1. The standard InChI is InChI=1S/C15H20N4O3S/c1-21-10-6-13-17-15(23-18-13)16-11-4-7-19(8-5-11)14(20)12-3-2-9-22-12/h2-3,9,11H,4-8,10H2,1H3,(H,16,17,18). The van der Waals surface area contributed by atoms with Gasteiger partial charge in [-0.3, -0.25) is 4.79 Å². The lowest BCUT2D eigenvalue weighted by atomic mass is 10.1. The van der Waals surface area contributed by atoms with Crippen LogP contribution in [0, 0.1) is 0 Å². The minimum atomic E-state index is -0.0359. The molecular formula is C15H20N4O3S. The maximum atomic E-state index is 12.2. The van der Waals surface area contributed by atoms with Crippen LogP contribution in [0.4, 0.5) is 5.13 Å². The molecule has 0 aromatic carbocycles. The highest BCUT2D eigenvalue weighted by atomic mass is 32.1. The largest absolute Gasteiger partial charge is 0.459 e. The summed E-state index contributed by atoms with van der Waals surface area (Å²) in [6.07, 6.45) is 4.03. The van der Waals surface area contributed by atoms with Crippen molar-refractivity contribution in [3.63, 3.8) is 0 Å². The molecule has 3 rings (SSSR count). The summed E-state index contributed by atoms with van der Waals surface area (Å²) in [6, 6.07) is 3.76.